The summed E-state index contributed by atoms with van der Waals surface area (Å²) in [5.41, 5.74) is 0. The van der Waals surface area contributed by atoms with E-state index in [0.717, 1.165) is 6.54 Å². The van der Waals surface area contributed by atoms with Crippen molar-refractivity contribution >= 4 is 6.34 Å². The van der Waals surface area contributed by atoms with Crippen LogP contribution in [0.4, 0.5) is 0 Å². The van der Waals surface area contributed by atoms with E-state index in [0.29, 0.717) is 6.04 Å². The lowest BCUT2D eigenvalue weighted by Crippen LogP contribution is -2.15. The Hall–Kier alpha value is -0.530. The van der Waals surface area contributed by atoms with Crippen molar-refractivity contribution in [3.63, 3.8) is 0 Å². The highest BCUT2D eigenvalue weighted by molar-refractivity contribution is 5.54. The minimum Gasteiger partial charge on any atom is -0.366 e. The van der Waals surface area contributed by atoms with Crippen LogP contribution in [0.15, 0.2) is 4.99 Å². The summed E-state index contributed by atoms with van der Waals surface area (Å²) >= 11 is 0. The van der Waals surface area contributed by atoms with Gasteiger partial charge in [-0.2, -0.15) is 0 Å². The Morgan fingerprint density at radius 3 is 2.44 bits per heavy atom. The first kappa shape index (κ1) is 8.47. The van der Waals surface area contributed by atoms with Crippen molar-refractivity contribution in [3.8, 4) is 0 Å². The van der Waals surface area contributed by atoms with Gasteiger partial charge in [0.1, 0.15) is 0 Å². The third kappa shape index (κ3) is 5.34. The van der Waals surface area contributed by atoms with Gasteiger partial charge in [0.2, 0.25) is 0 Å². The van der Waals surface area contributed by atoms with Gasteiger partial charge >= 0.3 is 0 Å². The van der Waals surface area contributed by atoms with Gasteiger partial charge in [0.05, 0.1) is 6.34 Å². The predicted octanol–water partition coefficient (Wildman–Crippen LogP) is 1.37. The average Bonchev–Trinajstić information content (AvgIpc) is 1.83. The van der Waals surface area contributed by atoms with Crippen LogP contribution in [-0.2, 0) is 0 Å². The molecule has 2 heteroatoms. The van der Waals surface area contributed by atoms with E-state index in [9.17, 15) is 0 Å². The third-order valence-corrected chi connectivity index (χ3v) is 1.06. The Bertz CT molecular complexity index is 86.9. The van der Waals surface area contributed by atoms with E-state index >= 15 is 0 Å². The van der Waals surface area contributed by atoms with Crippen LogP contribution in [-0.4, -0.2) is 30.9 Å². The van der Waals surface area contributed by atoms with Gasteiger partial charge in [-0.05, 0) is 20.8 Å². The summed E-state index contributed by atoms with van der Waals surface area (Å²) in [4.78, 5) is 6.25. The van der Waals surface area contributed by atoms with E-state index in [1.165, 1.54) is 0 Å². The molecule has 9 heavy (non-hydrogen) atoms. The maximum Gasteiger partial charge on any atom is 0.0850 e. The molecule has 0 aromatic carbocycles. The zero-order chi connectivity index (χ0) is 7.28. The first-order valence-electron chi connectivity index (χ1n) is 3.40. The highest BCUT2D eigenvalue weighted by atomic mass is 15.1. The van der Waals surface area contributed by atoms with E-state index in [1.54, 1.807) is 0 Å². The molecule has 0 fully saturated rings. The Morgan fingerprint density at radius 1 is 1.56 bits per heavy atom. The largest absolute Gasteiger partial charge is 0.366 e. The second-order valence-electron chi connectivity index (χ2n) is 2.43. The van der Waals surface area contributed by atoms with Crippen molar-refractivity contribution in [2.75, 3.05) is 13.6 Å². The van der Waals surface area contributed by atoms with E-state index in [4.69, 9.17) is 0 Å². The maximum atomic E-state index is 4.20. The number of rotatable bonds is 3. The normalized spacial score (nSPS) is 11.2. The Kier molecular flexibility index (Phi) is 4.10. The summed E-state index contributed by atoms with van der Waals surface area (Å²) in [5, 5.41) is 0. The van der Waals surface area contributed by atoms with Gasteiger partial charge in [-0.25, -0.2) is 0 Å². The lowest BCUT2D eigenvalue weighted by molar-refractivity contribution is 0.546. The molecule has 0 aliphatic heterocycles. The van der Waals surface area contributed by atoms with Gasteiger partial charge < -0.3 is 4.90 Å². The molecule has 0 radical (unpaired) electrons. The van der Waals surface area contributed by atoms with Gasteiger partial charge in [0, 0.05) is 19.6 Å². The molecule has 2 nitrogen and oxygen atoms in total. The Balaban J connectivity index is 3.43. The third-order valence-electron chi connectivity index (χ3n) is 1.06. The van der Waals surface area contributed by atoms with E-state index in [2.05, 4.69) is 30.7 Å². The second-order valence-corrected chi connectivity index (χ2v) is 2.43. The highest BCUT2D eigenvalue weighted by Gasteiger charge is 1.85. The quantitative estimate of drug-likeness (QED) is 0.414. The molecule has 0 aliphatic carbocycles. The first-order chi connectivity index (χ1) is 4.16. The summed E-state index contributed by atoms with van der Waals surface area (Å²) in [6.45, 7) is 7.27. The summed E-state index contributed by atoms with van der Waals surface area (Å²) in [6.07, 6.45) is 1.88. The number of nitrogens with zero attached hydrogens (tertiary/aromatic N) is 2. The van der Waals surface area contributed by atoms with Gasteiger partial charge in [-0.1, -0.05) is 0 Å². The zero-order valence-corrected chi connectivity index (χ0v) is 6.76. The monoisotopic (exact) mass is 128 g/mol. The lowest BCUT2D eigenvalue weighted by atomic mass is 10.4. The molecule has 0 aromatic rings. The molecule has 0 atom stereocenters. The Morgan fingerprint density at radius 2 is 2.11 bits per heavy atom. The molecule has 0 N–H and O–H groups in total. The van der Waals surface area contributed by atoms with E-state index < -0.39 is 0 Å². The zero-order valence-electron chi connectivity index (χ0n) is 6.76. The van der Waals surface area contributed by atoms with Crippen LogP contribution in [0.1, 0.15) is 20.8 Å². The topological polar surface area (TPSA) is 15.6 Å². The van der Waals surface area contributed by atoms with Gasteiger partial charge in [-0.3, -0.25) is 4.99 Å². The molecule has 0 unspecified atom stereocenters. The molecule has 0 saturated heterocycles. The molecule has 54 valence electrons. The smallest absolute Gasteiger partial charge is 0.0850 e. The predicted molar refractivity (Wildman–Crippen MR) is 41.9 cm³/mol. The van der Waals surface area contributed by atoms with Crippen LogP contribution < -0.4 is 0 Å². The van der Waals surface area contributed by atoms with Crippen LogP contribution in [0.2, 0.25) is 0 Å². The SMILES string of the molecule is CCN(C)C=NC(C)C. The fraction of sp³-hybridized carbons (Fsp3) is 0.857. The Labute approximate surface area is 57.6 Å². The van der Waals surface area contributed by atoms with Gasteiger partial charge in [0.15, 0.2) is 0 Å². The summed E-state index contributed by atoms with van der Waals surface area (Å²) in [5.74, 6) is 0. The van der Waals surface area contributed by atoms with Crippen molar-refractivity contribution in [2.24, 2.45) is 4.99 Å². The van der Waals surface area contributed by atoms with Crippen LogP contribution >= 0.6 is 0 Å². The maximum absolute atomic E-state index is 4.20. The standard InChI is InChI=1S/C7H16N2/c1-5-9(4)6-8-7(2)3/h6-7H,5H2,1-4H3. The number of aliphatic imine (C=N–C) groups is 1. The van der Waals surface area contributed by atoms with Crippen LogP contribution in [0.25, 0.3) is 0 Å². The molecule has 0 spiro atoms. The highest BCUT2D eigenvalue weighted by Crippen LogP contribution is 1.83. The fourth-order valence-corrected chi connectivity index (χ4v) is 0.329. The molecule has 0 heterocycles. The summed E-state index contributed by atoms with van der Waals surface area (Å²) in [6, 6.07) is 0.416. The van der Waals surface area contributed by atoms with Crippen LogP contribution in [0.5, 0.6) is 0 Å². The van der Waals surface area contributed by atoms with E-state index in [-0.39, 0.29) is 0 Å². The fourth-order valence-electron chi connectivity index (χ4n) is 0.329. The minimum absolute atomic E-state index is 0.416. The second kappa shape index (κ2) is 4.36. The number of hydrogen-bond donors (Lipinski definition) is 0. The van der Waals surface area contributed by atoms with Crippen molar-refractivity contribution in [2.45, 2.75) is 26.8 Å². The van der Waals surface area contributed by atoms with Crippen molar-refractivity contribution < 1.29 is 0 Å². The van der Waals surface area contributed by atoms with Gasteiger partial charge in [-0.15, -0.1) is 0 Å². The van der Waals surface area contributed by atoms with Crippen molar-refractivity contribution in [1.29, 1.82) is 0 Å². The van der Waals surface area contributed by atoms with Crippen LogP contribution in [0.3, 0.4) is 0 Å². The lowest BCUT2D eigenvalue weighted by Gasteiger charge is -2.08. The molecule has 0 amide bonds. The molecule has 0 saturated carbocycles. The molecule has 0 aromatic heterocycles. The van der Waals surface area contributed by atoms with Crippen LogP contribution in [0, 0.1) is 0 Å². The van der Waals surface area contributed by atoms with Crippen molar-refractivity contribution in [3.05, 3.63) is 0 Å². The first-order valence-corrected chi connectivity index (χ1v) is 3.40. The van der Waals surface area contributed by atoms with Crippen molar-refractivity contribution in [1.82, 2.24) is 4.90 Å². The van der Waals surface area contributed by atoms with Gasteiger partial charge in [0.25, 0.3) is 0 Å². The molecular formula is C7H16N2. The summed E-state index contributed by atoms with van der Waals surface area (Å²) in [7, 11) is 2.02. The number of hydrogen-bond acceptors (Lipinski definition) is 1. The average molecular weight is 128 g/mol. The summed E-state index contributed by atoms with van der Waals surface area (Å²) < 4.78 is 0. The van der Waals surface area contributed by atoms with E-state index in [1.807, 2.05) is 13.4 Å². The molecule has 0 rings (SSSR count). The molecular weight excluding hydrogens is 112 g/mol. The minimum atomic E-state index is 0.416. The molecule has 0 aliphatic rings. The molecule has 0 bridgehead atoms.